The molecule has 0 radical (unpaired) electrons. The van der Waals surface area contributed by atoms with Gasteiger partial charge in [-0.1, -0.05) is 25.2 Å². The molecule has 1 aliphatic carbocycles. The quantitative estimate of drug-likeness (QED) is 0.678. The van der Waals surface area contributed by atoms with E-state index in [-0.39, 0.29) is 11.2 Å². The van der Waals surface area contributed by atoms with Crippen molar-refractivity contribution < 1.29 is 9.53 Å². The van der Waals surface area contributed by atoms with Gasteiger partial charge in [0, 0.05) is 17.0 Å². The number of thiazole rings is 1. The number of benzene rings is 1. The largest absolute Gasteiger partial charge is 0.497 e. The van der Waals surface area contributed by atoms with Gasteiger partial charge in [-0.25, -0.2) is 9.98 Å². The number of hydrogen-bond donors (Lipinski definition) is 1. The van der Waals surface area contributed by atoms with E-state index in [1.54, 1.807) is 13.4 Å². The minimum absolute atomic E-state index is 0.0128. The maximum absolute atomic E-state index is 12.1. The van der Waals surface area contributed by atoms with Crippen molar-refractivity contribution in [2.24, 2.45) is 10.4 Å². The summed E-state index contributed by atoms with van der Waals surface area (Å²) in [7, 11) is 1.64. The Morgan fingerprint density at radius 1 is 1.30 bits per heavy atom. The Labute approximate surface area is 139 Å². The van der Waals surface area contributed by atoms with Crippen molar-refractivity contribution in [3.8, 4) is 5.75 Å². The average molecular weight is 329 g/mol. The van der Waals surface area contributed by atoms with Crippen molar-refractivity contribution in [2.75, 3.05) is 12.4 Å². The molecule has 2 aromatic rings. The molecule has 23 heavy (non-hydrogen) atoms. The summed E-state index contributed by atoms with van der Waals surface area (Å²) >= 11 is 1.49. The lowest BCUT2D eigenvalue weighted by molar-refractivity contribution is 0.0909. The number of rotatable bonds is 4. The van der Waals surface area contributed by atoms with Crippen LogP contribution >= 0.6 is 11.3 Å². The molecule has 0 spiro atoms. The number of aromatic nitrogens is 1. The van der Waals surface area contributed by atoms with Crippen LogP contribution in [-0.2, 0) is 6.42 Å². The summed E-state index contributed by atoms with van der Waals surface area (Å²) in [5, 5.41) is 3.70. The molecule has 0 fully saturated rings. The molecular formula is C17H19N3O2S. The molecule has 0 aliphatic heterocycles. The molecule has 0 bridgehead atoms. The van der Waals surface area contributed by atoms with Gasteiger partial charge in [-0.3, -0.25) is 4.79 Å². The SMILES string of the molecule is COc1ccc(N/C=N\c2nc3c(s2)CC(C)(C)CC3=O)cc1. The Morgan fingerprint density at radius 2 is 2.04 bits per heavy atom. The lowest BCUT2D eigenvalue weighted by Crippen LogP contribution is -2.26. The molecule has 0 saturated heterocycles. The Morgan fingerprint density at radius 3 is 2.74 bits per heavy atom. The van der Waals surface area contributed by atoms with Gasteiger partial charge in [-0.05, 0) is 36.1 Å². The molecule has 0 amide bonds. The van der Waals surface area contributed by atoms with E-state index in [1.165, 1.54) is 11.3 Å². The lowest BCUT2D eigenvalue weighted by atomic mass is 9.78. The Kier molecular flexibility index (Phi) is 4.17. The molecular weight excluding hydrogens is 310 g/mol. The number of hydrogen-bond acceptors (Lipinski definition) is 5. The fourth-order valence-corrected chi connectivity index (χ4v) is 3.78. The molecule has 5 nitrogen and oxygen atoms in total. The van der Waals surface area contributed by atoms with Crippen molar-refractivity contribution >= 4 is 34.3 Å². The zero-order valence-electron chi connectivity index (χ0n) is 13.4. The number of fused-ring (bicyclic) bond motifs is 1. The highest BCUT2D eigenvalue weighted by Crippen LogP contribution is 2.39. The molecule has 6 heteroatoms. The van der Waals surface area contributed by atoms with Crippen molar-refractivity contribution in [3.63, 3.8) is 0 Å². The first-order valence-corrected chi connectivity index (χ1v) is 8.24. The fraction of sp³-hybridized carbons (Fsp3) is 0.353. The van der Waals surface area contributed by atoms with Gasteiger partial charge in [-0.2, -0.15) is 0 Å². The van der Waals surface area contributed by atoms with Gasteiger partial charge in [0.25, 0.3) is 0 Å². The smallest absolute Gasteiger partial charge is 0.211 e. The topological polar surface area (TPSA) is 63.6 Å². The second-order valence-corrected chi connectivity index (χ2v) is 7.40. The van der Waals surface area contributed by atoms with Crippen LogP contribution in [0.5, 0.6) is 5.75 Å². The number of carbonyl (C=O) groups is 1. The van der Waals surface area contributed by atoms with Crippen LogP contribution < -0.4 is 10.1 Å². The third-order valence-corrected chi connectivity index (χ3v) is 4.69. The molecule has 0 saturated carbocycles. The minimum atomic E-state index is 0.0128. The highest BCUT2D eigenvalue weighted by molar-refractivity contribution is 7.15. The Hall–Kier alpha value is -2.21. The summed E-state index contributed by atoms with van der Waals surface area (Å²) in [6.45, 7) is 4.23. The van der Waals surface area contributed by atoms with Gasteiger partial charge in [0.15, 0.2) is 5.78 Å². The summed E-state index contributed by atoms with van der Waals surface area (Å²) in [6.07, 6.45) is 3.03. The van der Waals surface area contributed by atoms with Crippen molar-refractivity contribution in [2.45, 2.75) is 26.7 Å². The van der Waals surface area contributed by atoms with Crippen LogP contribution in [0.1, 0.15) is 35.6 Å². The van der Waals surface area contributed by atoms with E-state index in [0.717, 1.165) is 22.7 Å². The average Bonchev–Trinajstić information content (AvgIpc) is 2.89. The standard InChI is InChI=1S/C17H19N3O2S/c1-17(2)8-13(21)15-14(9-17)23-16(20-15)19-10-18-11-4-6-12(22-3)7-5-11/h4-7,10H,8-9H2,1-3H3,(H,18,19,20). The molecule has 1 heterocycles. The first-order chi connectivity index (χ1) is 11.0. The monoisotopic (exact) mass is 329 g/mol. The Balaban J connectivity index is 1.70. The molecule has 1 aromatic carbocycles. The van der Waals surface area contributed by atoms with Crippen molar-refractivity contribution in [1.82, 2.24) is 4.98 Å². The maximum atomic E-state index is 12.1. The van der Waals surface area contributed by atoms with Gasteiger partial charge in [-0.15, -0.1) is 0 Å². The number of methoxy groups -OCH3 is 1. The van der Waals surface area contributed by atoms with E-state index in [9.17, 15) is 4.79 Å². The molecule has 1 aromatic heterocycles. The minimum Gasteiger partial charge on any atom is -0.497 e. The summed E-state index contributed by atoms with van der Waals surface area (Å²) in [5.41, 5.74) is 1.53. The number of nitrogens with zero attached hydrogens (tertiary/aromatic N) is 2. The maximum Gasteiger partial charge on any atom is 0.211 e. The third-order valence-electron chi connectivity index (χ3n) is 3.72. The van der Waals surface area contributed by atoms with Crippen LogP contribution in [0, 0.1) is 5.41 Å². The van der Waals surface area contributed by atoms with E-state index in [2.05, 4.69) is 29.1 Å². The molecule has 120 valence electrons. The summed E-state index contributed by atoms with van der Waals surface area (Å²) < 4.78 is 5.11. The van der Waals surface area contributed by atoms with Gasteiger partial charge < -0.3 is 10.1 Å². The normalized spacial score (nSPS) is 16.4. The summed E-state index contributed by atoms with van der Waals surface area (Å²) in [5.74, 6) is 0.929. The van der Waals surface area contributed by atoms with Crippen LogP contribution in [0.3, 0.4) is 0 Å². The van der Waals surface area contributed by atoms with Crippen LogP contribution in [0.4, 0.5) is 10.8 Å². The van der Waals surface area contributed by atoms with Crippen molar-refractivity contribution in [1.29, 1.82) is 0 Å². The van der Waals surface area contributed by atoms with Crippen molar-refractivity contribution in [3.05, 3.63) is 34.8 Å². The summed E-state index contributed by atoms with van der Waals surface area (Å²) in [4.78, 5) is 21.9. The van der Waals surface area contributed by atoms with Gasteiger partial charge in [0.1, 0.15) is 11.4 Å². The second kappa shape index (κ2) is 6.12. The molecule has 1 aliphatic rings. The van der Waals surface area contributed by atoms with E-state index in [1.807, 2.05) is 24.3 Å². The predicted octanol–water partition coefficient (Wildman–Crippen LogP) is 4.08. The number of anilines is 1. The highest BCUT2D eigenvalue weighted by atomic mass is 32.1. The third kappa shape index (κ3) is 3.59. The summed E-state index contributed by atoms with van der Waals surface area (Å²) in [6, 6.07) is 7.56. The van der Waals surface area contributed by atoms with Gasteiger partial charge in [0.05, 0.1) is 13.4 Å². The number of carbonyl (C=O) groups excluding carboxylic acids is 1. The van der Waals surface area contributed by atoms with Gasteiger partial charge in [0.2, 0.25) is 5.13 Å². The van der Waals surface area contributed by atoms with E-state index in [4.69, 9.17) is 4.74 Å². The number of ketones is 1. The number of aliphatic imine (C=N–C) groups is 1. The first-order valence-electron chi connectivity index (χ1n) is 7.43. The second-order valence-electron chi connectivity index (χ2n) is 6.34. The van der Waals surface area contributed by atoms with E-state index < -0.39 is 0 Å². The van der Waals surface area contributed by atoms with Gasteiger partial charge >= 0.3 is 0 Å². The predicted molar refractivity (Wildman–Crippen MR) is 93.3 cm³/mol. The Bertz CT molecular complexity index is 748. The lowest BCUT2D eigenvalue weighted by Gasteiger charge is -2.26. The van der Waals surface area contributed by atoms with Crippen LogP contribution in [-0.4, -0.2) is 24.2 Å². The molecule has 3 rings (SSSR count). The highest BCUT2D eigenvalue weighted by Gasteiger charge is 2.33. The van der Waals surface area contributed by atoms with Crippen LogP contribution in [0.2, 0.25) is 0 Å². The van der Waals surface area contributed by atoms with Crippen LogP contribution in [0.25, 0.3) is 0 Å². The number of Topliss-reactive ketones (excluding diaryl/α,β-unsaturated/α-hetero) is 1. The zero-order valence-corrected chi connectivity index (χ0v) is 14.2. The molecule has 0 atom stereocenters. The molecule has 0 unspecified atom stereocenters. The van der Waals surface area contributed by atoms with Crippen LogP contribution in [0.15, 0.2) is 29.3 Å². The fourth-order valence-electron chi connectivity index (χ4n) is 2.60. The van der Waals surface area contributed by atoms with E-state index >= 15 is 0 Å². The number of nitrogens with one attached hydrogen (secondary N) is 1. The molecule has 1 N–H and O–H groups in total. The number of ether oxygens (including phenoxy) is 1. The zero-order chi connectivity index (χ0) is 16.4. The first kappa shape index (κ1) is 15.7. The van der Waals surface area contributed by atoms with E-state index in [0.29, 0.717) is 17.2 Å².